The van der Waals surface area contributed by atoms with Gasteiger partial charge in [0.1, 0.15) is 29.3 Å². The molecule has 208 valence electrons. The van der Waals surface area contributed by atoms with Crippen molar-refractivity contribution in [3.63, 3.8) is 0 Å². The van der Waals surface area contributed by atoms with Gasteiger partial charge >= 0.3 is 12.1 Å². The van der Waals surface area contributed by atoms with Crippen molar-refractivity contribution in [2.75, 3.05) is 20.5 Å². The van der Waals surface area contributed by atoms with Crippen molar-refractivity contribution in [1.82, 2.24) is 0 Å². The lowest BCUT2D eigenvalue weighted by Crippen LogP contribution is -2.36. The third-order valence-electron chi connectivity index (χ3n) is 6.32. The number of fused-ring (bicyclic) bond motifs is 2. The highest BCUT2D eigenvalue weighted by Gasteiger charge is 2.44. The SMILES string of the molecule is COCOc1cc(OCC(F)(F)F)cc2c1C(=O)O[C@@H](C)[C@H](C)CCC(O)[C@H]1OC(C)(C)O[C@H]1CC=C2. The van der Waals surface area contributed by atoms with E-state index in [1.807, 2.05) is 6.92 Å². The standard InChI is InChI=1S/C26H35F3O8/c1-15-9-10-19(30)23-20(36-25(3,4)37-23)8-6-7-17-11-18(33-13-26(27,28)29)12-21(34-14-32-5)22(17)24(31)35-16(15)2/h6-7,11-12,15-16,19-20,23,30H,8-10,13-14H2,1-5H3/t15-,16+,19?,20+,23-/m1/s1. The number of methoxy groups -OCH3 is 1. The van der Waals surface area contributed by atoms with E-state index in [0.29, 0.717) is 19.3 Å². The van der Waals surface area contributed by atoms with Gasteiger partial charge in [-0.25, -0.2) is 4.79 Å². The quantitative estimate of drug-likeness (QED) is 0.424. The van der Waals surface area contributed by atoms with E-state index in [1.54, 1.807) is 32.9 Å². The van der Waals surface area contributed by atoms with Gasteiger partial charge in [0.15, 0.2) is 19.2 Å². The molecule has 1 unspecified atom stereocenters. The summed E-state index contributed by atoms with van der Waals surface area (Å²) in [5.41, 5.74) is 0.271. The third-order valence-corrected chi connectivity index (χ3v) is 6.32. The molecule has 2 heterocycles. The summed E-state index contributed by atoms with van der Waals surface area (Å²) in [4.78, 5) is 13.3. The molecule has 2 aliphatic rings. The van der Waals surface area contributed by atoms with Crippen LogP contribution >= 0.6 is 0 Å². The van der Waals surface area contributed by atoms with Crippen LogP contribution in [-0.4, -0.2) is 68.0 Å². The lowest BCUT2D eigenvalue weighted by molar-refractivity contribution is -0.155. The Balaban J connectivity index is 2.05. The number of hydrogen-bond acceptors (Lipinski definition) is 8. The normalized spacial score (nSPS) is 28.6. The summed E-state index contributed by atoms with van der Waals surface area (Å²) in [6.07, 6.45) is -2.36. The molecule has 0 spiro atoms. The van der Waals surface area contributed by atoms with Crippen LogP contribution in [0.1, 0.15) is 62.9 Å². The van der Waals surface area contributed by atoms with Gasteiger partial charge in [0, 0.05) is 13.2 Å². The molecule has 1 saturated heterocycles. The lowest BCUT2D eigenvalue weighted by atomic mass is 9.93. The zero-order valence-electron chi connectivity index (χ0n) is 21.7. The van der Waals surface area contributed by atoms with E-state index >= 15 is 0 Å². The Morgan fingerprint density at radius 3 is 2.54 bits per heavy atom. The molecule has 0 bridgehead atoms. The third kappa shape index (κ3) is 8.07. The maximum absolute atomic E-state index is 13.3. The highest BCUT2D eigenvalue weighted by Crippen LogP contribution is 2.36. The Kier molecular flexibility index (Phi) is 9.49. The first-order chi connectivity index (χ1) is 17.3. The van der Waals surface area contributed by atoms with Crippen LogP contribution in [0, 0.1) is 5.92 Å². The minimum absolute atomic E-state index is 0.0317. The summed E-state index contributed by atoms with van der Waals surface area (Å²) < 4.78 is 71.5. The molecule has 0 aromatic heterocycles. The Morgan fingerprint density at radius 1 is 1.14 bits per heavy atom. The number of benzene rings is 1. The lowest BCUT2D eigenvalue weighted by Gasteiger charge is -2.26. The molecule has 3 rings (SSSR count). The van der Waals surface area contributed by atoms with Crippen molar-refractivity contribution in [2.24, 2.45) is 5.92 Å². The molecule has 1 aromatic rings. The minimum Gasteiger partial charge on any atom is -0.484 e. The highest BCUT2D eigenvalue weighted by atomic mass is 19.4. The predicted molar refractivity (Wildman–Crippen MR) is 127 cm³/mol. The van der Waals surface area contributed by atoms with Crippen LogP contribution in [0.25, 0.3) is 6.08 Å². The summed E-state index contributed by atoms with van der Waals surface area (Å²) in [5, 5.41) is 10.8. The molecule has 0 amide bonds. The van der Waals surface area contributed by atoms with Crippen molar-refractivity contribution in [2.45, 2.75) is 83.3 Å². The fourth-order valence-electron chi connectivity index (χ4n) is 4.32. The van der Waals surface area contributed by atoms with Gasteiger partial charge in [-0.2, -0.15) is 13.2 Å². The summed E-state index contributed by atoms with van der Waals surface area (Å²) in [6, 6.07) is 2.53. The second-order valence-electron chi connectivity index (χ2n) is 9.85. The molecular formula is C26H35F3O8. The Bertz CT molecular complexity index is 962. The number of aliphatic hydroxyl groups excluding tert-OH is 1. The van der Waals surface area contributed by atoms with Crippen LogP contribution in [0.4, 0.5) is 13.2 Å². The number of esters is 1. The zero-order valence-corrected chi connectivity index (χ0v) is 21.7. The molecule has 2 aliphatic heterocycles. The average molecular weight is 533 g/mol. The molecule has 5 atom stereocenters. The van der Waals surface area contributed by atoms with Crippen LogP contribution in [0.3, 0.4) is 0 Å². The first kappa shape index (κ1) is 29.2. The molecule has 8 nitrogen and oxygen atoms in total. The van der Waals surface area contributed by atoms with Gasteiger partial charge in [-0.1, -0.05) is 19.1 Å². The number of cyclic esters (lactones) is 1. The Labute approximate surface area is 214 Å². The largest absolute Gasteiger partial charge is 0.484 e. The van der Waals surface area contributed by atoms with Crippen LogP contribution in [0.5, 0.6) is 11.5 Å². The number of halogens is 3. The van der Waals surface area contributed by atoms with Gasteiger partial charge in [-0.15, -0.1) is 0 Å². The molecule has 1 N–H and O–H groups in total. The second kappa shape index (κ2) is 12.0. The van der Waals surface area contributed by atoms with Gasteiger partial charge in [0.25, 0.3) is 0 Å². The fraction of sp³-hybridized carbons (Fsp3) is 0.654. The monoisotopic (exact) mass is 532 g/mol. The van der Waals surface area contributed by atoms with Gasteiger partial charge in [0.2, 0.25) is 0 Å². The molecule has 1 aromatic carbocycles. The molecule has 0 radical (unpaired) electrons. The summed E-state index contributed by atoms with van der Waals surface area (Å²) in [6.45, 7) is 5.41. The fourth-order valence-corrected chi connectivity index (χ4v) is 4.32. The number of carbonyl (C=O) groups is 1. The van der Waals surface area contributed by atoms with Crippen molar-refractivity contribution in [1.29, 1.82) is 0 Å². The van der Waals surface area contributed by atoms with E-state index in [4.69, 9.17) is 28.4 Å². The number of alkyl halides is 3. The molecular weight excluding hydrogens is 497 g/mol. The minimum atomic E-state index is -4.55. The van der Waals surface area contributed by atoms with E-state index < -0.39 is 49.0 Å². The number of rotatable bonds is 5. The number of aliphatic hydroxyl groups is 1. The molecule has 0 aliphatic carbocycles. The van der Waals surface area contributed by atoms with Gasteiger partial charge in [0.05, 0.1) is 12.2 Å². The van der Waals surface area contributed by atoms with E-state index in [-0.39, 0.29) is 35.3 Å². The average Bonchev–Trinajstić information content (AvgIpc) is 3.12. The summed E-state index contributed by atoms with van der Waals surface area (Å²) in [5.74, 6) is -1.88. The number of hydrogen-bond donors (Lipinski definition) is 1. The smallest absolute Gasteiger partial charge is 0.422 e. The van der Waals surface area contributed by atoms with Crippen LogP contribution < -0.4 is 9.47 Å². The number of ether oxygens (including phenoxy) is 6. The van der Waals surface area contributed by atoms with Gasteiger partial charge < -0.3 is 33.5 Å². The van der Waals surface area contributed by atoms with Crippen LogP contribution in [0.15, 0.2) is 18.2 Å². The maximum Gasteiger partial charge on any atom is 0.422 e. The first-order valence-electron chi connectivity index (χ1n) is 12.2. The Hall–Kier alpha value is -2.34. The number of carbonyl (C=O) groups excluding carboxylic acids is 1. The Morgan fingerprint density at radius 2 is 1.86 bits per heavy atom. The van der Waals surface area contributed by atoms with E-state index in [0.717, 1.165) is 0 Å². The molecule has 11 heteroatoms. The van der Waals surface area contributed by atoms with Crippen molar-refractivity contribution >= 4 is 12.0 Å². The van der Waals surface area contributed by atoms with Crippen LogP contribution in [0.2, 0.25) is 0 Å². The van der Waals surface area contributed by atoms with Crippen LogP contribution in [-0.2, 0) is 18.9 Å². The van der Waals surface area contributed by atoms with E-state index in [1.165, 1.54) is 19.2 Å². The first-order valence-corrected chi connectivity index (χ1v) is 12.2. The highest BCUT2D eigenvalue weighted by molar-refractivity contribution is 5.97. The molecule has 37 heavy (non-hydrogen) atoms. The topological polar surface area (TPSA) is 92.7 Å². The van der Waals surface area contributed by atoms with E-state index in [2.05, 4.69) is 0 Å². The molecule has 0 saturated carbocycles. The van der Waals surface area contributed by atoms with Crippen molar-refractivity contribution in [3.8, 4) is 11.5 Å². The van der Waals surface area contributed by atoms with Crippen molar-refractivity contribution < 1.29 is 51.5 Å². The van der Waals surface area contributed by atoms with Crippen molar-refractivity contribution in [3.05, 3.63) is 29.3 Å². The van der Waals surface area contributed by atoms with Gasteiger partial charge in [-0.3, -0.25) is 0 Å². The zero-order chi connectivity index (χ0) is 27.4. The van der Waals surface area contributed by atoms with E-state index in [9.17, 15) is 23.1 Å². The molecule has 1 fully saturated rings. The summed E-state index contributed by atoms with van der Waals surface area (Å²) in [7, 11) is 1.38. The second-order valence-corrected chi connectivity index (χ2v) is 9.85. The predicted octanol–water partition coefficient (Wildman–Crippen LogP) is 4.87. The van der Waals surface area contributed by atoms with Gasteiger partial charge in [-0.05, 0) is 57.6 Å². The summed E-state index contributed by atoms with van der Waals surface area (Å²) >= 11 is 0. The maximum atomic E-state index is 13.3.